The highest BCUT2D eigenvalue weighted by atomic mass is 16.4. The first-order valence-corrected chi connectivity index (χ1v) is 6.93. The van der Waals surface area contributed by atoms with Crippen LogP contribution in [0, 0.1) is 5.92 Å². The van der Waals surface area contributed by atoms with Gasteiger partial charge in [-0.3, -0.25) is 24.2 Å². The van der Waals surface area contributed by atoms with E-state index in [4.69, 9.17) is 0 Å². The van der Waals surface area contributed by atoms with Crippen LogP contribution in [0.25, 0.3) is 0 Å². The van der Waals surface area contributed by atoms with Crippen LogP contribution in [0.1, 0.15) is 34.1 Å². The van der Waals surface area contributed by atoms with Gasteiger partial charge in [0, 0.05) is 6.54 Å². The monoisotopic (exact) mass is 288 g/mol. The zero-order valence-corrected chi connectivity index (χ0v) is 11.7. The molecule has 2 aliphatic rings. The Morgan fingerprint density at radius 3 is 2.33 bits per heavy atom. The van der Waals surface area contributed by atoms with Gasteiger partial charge in [-0.15, -0.1) is 0 Å². The van der Waals surface area contributed by atoms with Gasteiger partial charge in [-0.2, -0.15) is 0 Å². The smallest absolute Gasteiger partial charge is 0.321 e. The second kappa shape index (κ2) is 4.96. The number of carboxylic acids is 1. The Hall–Kier alpha value is -2.21. The summed E-state index contributed by atoms with van der Waals surface area (Å²) in [6.07, 6.45) is 0.750. The van der Waals surface area contributed by atoms with Crippen molar-refractivity contribution in [1.82, 2.24) is 9.80 Å². The maximum atomic E-state index is 12.3. The van der Waals surface area contributed by atoms with Crippen LogP contribution in [0.2, 0.25) is 0 Å². The number of hydrogen-bond donors (Lipinski definition) is 1. The number of rotatable bonds is 3. The summed E-state index contributed by atoms with van der Waals surface area (Å²) in [5.41, 5.74) is 0.781. The van der Waals surface area contributed by atoms with E-state index in [9.17, 15) is 19.5 Å². The Morgan fingerprint density at radius 1 is 1.24 bits per heavy atom. The third-order valence-electron chi connectivity index (χ3n) is 4.26. The Kier molecular flexibility index (Phi) is 3.25. The molecule has 0 saturated carbocycles. The third kappa shape index (κ3) is 2.12. The molecule has 0 aliphatic carbocycles. The molecule has 0 aromatic heterocycles. The number of aliphatic carboxylic acids is 1. The average molecular weight is 288 g/mol. The van der Waals surface area contributed by atoms with Crippen LogP contribution >= 0.6 is 0 Å². The molecule has 1 aromatic rings. The Labute approximate surface area is 122 Å². The van der Waals surface area contributed by atoms with Crippen LogP contribution in [0.5, 0.6) is 0 Å². The number of hydrogen-bond acceptors (Lipinski definition) is 4. The number of carboxylic acid groups (broad SMARTS) is 1. The van der Waals surface area contributed by atoms with Gasteiger partial charge in [0.05, 0.1) is 17.8 Å². The number of amides is 2. The number of likely N-dealkylation sites (tertiary alicyclic amines) is 1. The quantitative estimate of drug-likeness (QED) is 0.841. The lowest BCUT2D eigenvalue weighted by molar-refractivity contribution is -0.143. The molecule has 21 heavy (non-hydrogen) atoms. The molecule has 0 radical (unpaired) electrons. The highest BCUT2D eigenvalue weighted by Gasteiger charge is 2.42. The minimum absolute atomic E-state index is 0.0117. The van der Waals surface area contributed by atoms with Crippen molar-refractivity contribution in [3.8, 4) is 0 Å². The molecular weight excluding hydrogens is 272 g/mol. The van der Waals surface area contributed by atoms with E-state index < -0.39 is 12.0 Å². The molecule has 2 aliphatic heterocycles. The van der Waals surface area contributed by atoms with Crippen LogP contribution in [0.3, 0.4) is 0 Å². The molecule has 2 atom stereocenters. The Bertz CT molecular complexity index is 593. The number of carbonyl (C=O) groups excluding carboxylic acids is 2. The van der Waals surface area contributed by atoms with Crippen LogP contribution in [-0.4, -0.2) is 51.9 Å². The predicted molar refractivity (Wildman–Crippen MR) is 73.7 cm³/mol. The van der Waals surface area contributed by atoms with Crippen LogP contribution in [-0.2, 0) is 4.79 Å². The molecule has 0 spiro atoms. The van der Waals surface area contributed by atoms with Gasteiger partial charge < -0.3 is 5.11 Å². The predicted octanol–water partition coefficient (Wildman–Crippen LogP) is 1.04. The molecule has 2 amide bonds. The van der Waals surface area contributed by atoms with Crippen molar-refractivity contribution < 1.29 is 19.5 Å². The summed E-state index contributed by atoms with van der Waals surface area (Å²) in [5, 5.41) is 9.30. The lowest BCUT2D eigenvalue weighted by Crippen LogP contribution is -2.47. The standard InChI is InChI=1S/C15H16N2O4/c1-9-6-7-16(12(9)15(20)21)8-17-13(18)10-4-2-3-5-11(10)14(17)19/h2-5,9,12H,6-8H2,1H3,(H,20,21). The second-order valence-electron chi connectivity index (χ2n) is 5.59. The summed E-state index contributed by atoms with van der Waals surface area (Å²) in [6, 6.07) is 6.03. The maximum Gasteiger partial charge on any atom is 0.321 e. The van der Waals surface area contributed by atoms with E-state index in [0.717, 1.165) is 11.3 Å². The van der Waals surface area contributed by atoms with Crippen LogP contribution < -0.4 is 0 Å². The molecule has 6 nitrogen and oxygen atoms in total. The summed E-state index contributed by atoms with van der Waals surface area (Å²) in [4.78, 5) is 38.7. The minimum atomic E-state index is -0.906. The van der Waals surface area contributed by atoms with Gasteiger partial charge in [0.25, 0.3) is 11.8 Å². The molecule has 1 saturated heterocycles. The molecule has 1 aromatic carbocycles. The number of imide groups is 1. The van der Waals surface area contributed by atoms with Crippen molar-refractivity contribution in [2.45, 2.75) is 19.4 Å². The number of nitrogens with zero attached hydrogens (tertiary/aromatic N) is 2. The molecular formula is C15H16N2O4. The van der Waals surface area contributed by atoms with Gasteiger partial charge in [-0.1, -0.05) is 19.1 Å². The lowest BCUT2D eigenvalue weighted by Gasteiger charge is -2.27. The summed E-state index contributed by atoms with van der Waals surface area (Å²) in [6.45, 7) is 2.49. The fourth-order valence-electron chi connectivity index (χ4n) is 3.13. The van der Waals surface area contributed by atoms with Crippen molar-refractivity contribution in [2.24, 2.45) is 5.92 Å². The van der Waals surface area contributed by atoms with Gasteiger partial charge in [0.15, 0.2) is 0 Å². The number of carbonyl (C=O) groups is 3. The molecule has 3 rings (SSSR count). The summed E-state index contributed by atoms with van der Waals surface area (Å²) < 4.78 is 0. The minimum Gasteiger partial charge on any atom is -0.480 e. The number of benzene rings is 1. The first-order valence-electron chi connectivity index (χ1n) is 6.93. The van der Waals surface area contributed by atoms with Crippen molar-refractivity contribution >= 4 is 17.8 Å². The Balaban J connectivity index is 1.82. The van der Waals surface area contributed by atoms with Gasteiger partial charge in [-0.25, -0.2) is 0 Å². The van der Waals surface area contributed by atoms with Crippen molar-refractivity contribution in [2.75, 3.05) is 13.2 Å². The summed E-state index contributed by atoms with van der Waals surface area (Å²) in [5.74, 6) is -1.59. The van der Waals surface area contributed by atoms with E-state index in [0.29, 0.717) is 17.7 Å². The highest BCUT2D eigenvalue weighted by molar-refractivity contribution is 6.21. The first-order chi connectivity index (χ1) is 10.0. The molecule has 2 unspecified atom stereocenters. The van der Waals surface area contributed by atoms with E-state index in [2.05, 4.69) is 0 Å². The number of fused-ring (bicyclic) bond motifs is 1. The Morgan fingerprint density at radius 2 is 1.81 bits per heavy atom. The van der Waals surface area contributed by atoms with E-state index >= 15 is 0 Å². The normalized spacial score (nSPS) is 25.5. The molecule has 6 heteroatoms. The second-order valence-corrected chi connectivity index (χ2v) is 5.59. The largest absolute Gasteiger partial charge is 0.480 e. The van der Waals surface area contributed by atoms with E-state index in [1.165, 1.54) is 0 Å². The average Bonchev–Trinajstić information content (AvgIpc) is 2.94. The van der Waals surface area contributed by atoms with Crippen molar-refractivity contribution in [3.63, 3.8) is 0 Å². The molecule has 1 fully saturated rings. The highest BCUT2D eigenvalue weighted by Crippen LogP contribution is 2.27. The first kappa shape index (κ1) is 13.8. The van der Waals surface area contributed by atoms with Crippen LogP contribution in [0.4, 0.5) is 0 Å². The molecule has 1 N–H and O–H groups in total. The van der Waals surface area contributed by atoms with Gasteiger partial charge in [0.1, 0.15) is 6.04 Å². The maximum absolute atomic E-state index is 12.3. The fourth-order valence-corrected chi connectivity index (χ4v) is 3.13. The zero-order chi connectivity index (χ0) is 15.1. The third-order valence-corrected chi connectivity index (χ3v) is 4.26. The van der Waals surface area contributed by atoms with E-state index in [-0.39, 0.29) is 24.4 Å². The molecule has 110 valence electrons. The zero-order valence-electron chi connectivity index (χ0n) is 11.7. The van der Waals surface area contributed by atoms with Crippen molar-refractivity contribution in [1.29, 1.82) is 0 Å². The van der Waals surface area contributed by atoms with Gasteiger partial charge >= 0.3 is 5.97 Å². The molecule has 0 bridgehead atoms. The van der Waals surface area contributed by atoms with Gasteiger partial charge in [0.2, 0.25) is 0 Å². The fraction of sp³-hybridized carbons (Fsp3) is 0.400. The van der Waals surface area contributed by atoms with Crippen LogP contribution in [0.15, 0.2) is 24.3 Å². The summed E-state index contributed by atoms with van der Waals surface area (Å²) >= 11 is 0. The topological polar surface area (TPSA) is 77.9 Å². The van der Waals surface area contributed by atoms with E-state index in [1.54, 1.807) is 29.2 Å². The molecule has 2 heterocycles. The SMILES string of the molecule is CC1CCN(CN2C(=O)c3ccccc3C2=O)C1C(=O)O. The van der Waals surface area contributed by atoms with Crippen molar-refractivity contribution in [3.05, 3.63) is 35.4 Å². The lowest BCUT2D eigenvalue weighted by atomic mass is 10.0. The van der Waals surface area contributed by atoms with Gasteiger partial charge in [-0.05, 0) is 24.5 Å². The summed E-state index contributed by atoms with van der Waals surface area (Å²) in [7, 11) is 0. The van der Waals surface area contributed by atoms with E-state index in [1.807, 2.05) is 6.92 Å².